The summed E-state index contributed by atoms with van der Waals surface area (Å²) in [5, 5.41) is 10.8. The molecule has 26 heavy (non-hydrogen) atoms. The van der Waals surface area contributed by atoms with Gasteiger partial charge in [0, 0.05) is 38.3 Å². The smallest absolute Gasteiger partial charge is 0.320 e. The van der Waals surface area contributed by atoms with Gasteiger partial charge in [-0.1, -0.05) is 6.07 Å². The first-order valence-electron chi connectivity index (χ1n) is 8.18. The van der Waals surface area contributed by atoms with E-state index in [4.69, 9.17) is 4.74 Å². The van der Waals surface area contributed by atoms with Gasteiger partial charge in [-0.2, -0.15) is 4.31 Å². The van der Waals surface area contributed by atoms with Crippen LogP contribution in [-0.4, -0.2) is 66.8 Å². The molecule has 1 heterocycles. The molecule has 0 atom stereocenters. The summed E-state index contributed by atoms with van der Waals surface area (Å²) in [5.41, 5.74) is -0.834. The molecular formula is C16H23N3O6S. The molecule has 10 heteroatoms. The average molecular weight is 385 g/mol. The van der Waals surface area contributed by atoms with E-state index < -0.39 is 20.5 Å². The highest BCUT2D eigenvalue weighted by Crippen LogP contribution is 2.22. The van der Waals surface area contributed by atoms with E-state index in [2.05, 4.69) is 0 Å². The fourth-order valence-electron chi connectivity index (χ4n) is 2.59. The van der Waals surface area contributed by atoms with Crippen LogP contribution in [0.1, 0.15) is 20.8 Å². The molecule has 0 amide bonds. The number of nitro benzene ring substituents is 1. The van der Waals surface area contributed by atoms with Crippen molar-refractivity contribution in [3.05, 3.63) is 34.4 Å². The predicted octanol–water partition coefficient (Wildman–Crippen LogP) is 1.24. The molecule has 2 rings (SSSR count). The largest absolute Gasteiger partial charge is 0.459 e. The second-order valence-corrected chi connectivity index (χ2v) is 8.96. The molecule has 1 saturated heterocycles. The summed E-state index contributed by atoms with van der Waals surface area (Å²) in [6.07, 6.45) is 0. The number of hydrogen-bond donors (Lipinski definition) is 0. The molecule has 0 saturated carbocycles. The minimum Gasteiger partial charge on any atom is -0.459 e. The molecule has 1 aromatic rings. The maximum absolute atomic E-state index is 12.7. The normalized spacial score (nSPS) is 17.0. The number of non-ortho nitro benzene ring substituents is 1. The van der Waals surface area contributed by atoms with Crippen molar-refractivity contribution in [3.63, 3.8) is 0 Å². The van der Waals surface area contributed by atoms with Crippen LogP contribution >= 0.6 is 0 Å². The van der Waals surface area contributed by atoms with E-state index in [1.807, 2.05) is 4.90 Å². The molecule has 0 N–H and O–H groups in total. The van der Waals surface area contributed by atoms with Gasteiger partial charge in [-0.15, -0.1) is 0 Å². The molecule has 0 bridgehead atoms. The van der Waals surface area contributed by atoms with E-state index in [0.29, 0.717) is 13.1 Å². The van der Waals surface area contributed by atoms with Crippen molar-refractivity contribution in [2.75, 3.05) is 32.7 Å². The number of benzene rings is 1. The fourth-order valence-corrected chi connectivity index (χ4v) is 4.05. The van der Waals surface area contributed by atoms with Gasteiger partial charge in [-0.3, -0.25) is 19.8 Å². The number of sulfonamides is 1. The molecule has 1 fully saturated rings. The van der Waals surface area contributed by atoms with E-state index in [1.165, 1.54) is 22.5 Å². The topological polar surface area (TPSA) is 110 Å². The van der Waals surface area contributed by atoms with Crippen molar-refractivity contribution >= 4 is 21.7 Å². The lowest BCUT2D eigenvalue weighted by atomic mass is 10.2. The Morgan fingerprint density at radius 2 is 1.85 bits per heavy atom. The molecule has 9 nitrogen and oxygen atoms in total. The SMILES string of the molecule is CC(C)(C)OC(=O)CN1CCN(S(=O)(=O)c2cccc([N+](=O)[O-])c2)CC1. The number of carbonyl (C=O) groups is 1. The van der Waals surface area contributed by atoms with Crippen molar-refractivity contribution in [1.29, 1.82) is 0 Å². The third-order valence-corrected chi connectivity index (χ3v) is 5.66. The Labute approximate surface area is 152 Å². The van der Waals surface area contributed by atoms with E-state index in [9.17, 15) is 23.3 Å². The van der Waals surface area contributed by atoms with Crippen LogP contribution in [0.2, 0.25) is 0 Å². The lowest BCUT2D eigenvalue weighted by Crippen LogP contribution is -2.50. The molecule has 1 aromatic carbocycles. The number of nitrogens with zero attached hydrogens (tertiary/aromatic N) is 3. The summed E-state index contributed by atoms with van der Waals surface area (Å²) >= 11 is 0. The van der Waals surface area contributed by atoms with E-state index in [-0.39, 0.29) is 36.2 Å². The van der Waals surface area contributed by atoms with Crippen LogP contribution in [0.25, 0.3) is 0 Å². The molecule has 0 aliphatic carbocycles. The highest BCUT2D eigenvalue weighted by molar-refractivity contribution is 7.89. The van der Waals surface area contributed by atoms with Gasteiger partial charge in [-0.05, 0) is 26.8 Å². The molecule has 0 radical (unpaired) electrons. The van der Waals surface area contributed by atoms with Gasteiger partial charge in [0.2, 0.25) is 10.0 Å². The Hall–Kier alpha value is -2.04. The van der Waals surface area contributed by atoms with E-state index in [0.717, 1.165) is 6.07 Å². The third kappa shape index (κ3) is 5.23. The highest BCUT2D eigenvalue weighted by atomic mass is 32.2. The quantitative estimate of drug-likeness (QED) is 0.426. The molecule has 0 spiro atoms. The van der Waals surface area contributed by atoms with Crippen LogP contribution < -0.4 is 0 Å². The van der Waals surface area contributed by atoms with Crippen molar-refractivity contribution in [3.8, 4) is 0 Å². The molecule has 144 valence electrons. The number of hydrogen-bond acceptors (Lipinski definition) is 7. The van der Waals surface area contributed by atoms with Crippen molar-refractivity contribution < 1.29 is 22.9 Å². The van der Waals surface area contributed by atoms with Crippen LogP contribution in [0.4, 0.5) is 5.69 Å². The van der Waals surface area contributed by atoms with Crippen LogP contribution in [0.3, 0.4) is 0 Å². The van der Waals surface area contributed by atoms with Crippen LogP contribution in [0.5, 0.6) is 0 Å². The predicted molar refractivity (Wildman–Crippen MR) is 94.1 cm³/mol. The Balaban J connectivity index is 1.99. The minimum absolute atomic E-state index is 0.0992. The minimum atomic E-state index is -3.81. The molecule has 0 aromatic heterocycles. The zero-order valence-corrected chi connectivity index (χ0v) is 15.9. The molecular weight excluding hydrogens is 362 g/mol. The molecule has 0 unspecified atom stereocenters. The van der Waals surface area contributed by atoms with Crippen LogP contribution in [-0.2, 0) is 19.6 Å². The number of piperazine rings is 1. The van der Waals surface area contributed by atoms with Gasteiger partial charge >= 0.3 is 5.97 Å². The summed E-state index contributed by atoms with van der Waals surface area (Å²) in [6.45, 7) is 6.63. The number of esters is 1. The first-order valence-corrected chi connectivity index (χ1v) is 9.62. The van der Waals surface area contributed by atoms with Gasteiger partial charge in [-0.25, -0.2) is 8.42 Å². The first-order chi connectivity index (χ1) is 12.0. The summed E-state index contributed by atoms with van der Waals surface area (Å²) in [4.78, 5) is 23.8. The highest BCUT2D eigenvalue weighted by Gasteiger charge is 2.30. The van der Waals surface area contributed by atoms with Crippen molar-refractivity contribution in [2.24, 2.45) is 0 Å². The number of carbonyl (C=O) groups excluding carboxylic acids is 1. The van der Waals surface area contributed by atoms with Crippen LogP contribution in [0, 0.1) is 10.1 Å². The Bertz CT molecular complexity index is 779. The lowest BCUT2D eigenvalue weighted by molar-refractivity contribution is -0.385. The fraction of sp³-hybridized carbons (Fsp3) is 0.562. The second-order valence-electron chi connectivity index (χ2n) is 7.02. The Morgan fingerprint density at radius 1 is 1.23 bits per heavy atom. The average Bonchev–Trinajstić information content (AvgIpc) is 2.53. The second kappa shape index (κ2) is 7.68. The monoisotopic (exact) mass is 385 g/mol. The zero-order valence-electron chi connectivity index (χ0n) is 15.0. The Morgan fingerprint density at radius 3 is 2.38 bits per heavy atom. The molecule has 1 aliphatic heterocycles. The maximum Gasteiger partial charge on any atom is 0.320 e. The van der Waals surface area contributed by atoms with E-state index in [1.54, 1.807) is 20.8 Å². The molecule has 1 aliphatic rings. The Kier molecular flexibility index (Phi) is 5.99. The summed E-state index contributed by atoms with van der Waals surface area (Å²) < 4.78 is 31.9. The summed E-state index contributed by atoms with van der Waals surface area (Å²) in [5.74, 6) is -0.354. The summed E-state index contributed by atoms with van der Waals surface area (Å²) in [7, 11) is -3.81. The van der Waals surface area contributed by atoms with Crippen molar-refractivity contribution in [1.82, 2.24) is 9.21 Å². The number of rotatable bonds is 5. The van der Waals surface area contributed by atoms with Gasteiger partial charge in [0.05, 0.1) is 16.4 Å². The number of ether oxygens (including phenoxy) is 1. The van der Waals surface area contributed by atoms with Gasteiger partial charge in [0.25, 0.3) is 5.69 Å². The number of nitro groups is 1. The van der Waals surface area contributed by atoms with Crippen LogP contribution in [0.15, 0.2) is 29.2 Å². The van der Waals surface area contributed by atoms with Crippen molar-refractivity contribution in [2.45, 2.75) is 31.3 Å². The van der Waals surface area contributed by atoms with Gasteiger partial charge in [0.1, 0.15) is 5.60 Å². The maximum atomic E-state index is 12.7. The zero-order chi connectivity index (χ0) is 19.5. The van der Waals surface area contributed by atoms with Gasteiger partial charge in [0.15, 0.2) is 0 Å². The first kappa shape index (κ1) is 20.3. The van der Waals surface area contributed by atoms with E-state index >= 15 is 0 Å². The van der Waals surface area contributed by atoms with Gasteiger partial charge < -0.3 is 4.74 Å². The summed E-state index contributed by atoms with van der Waals surface area (Å²) in [6, 6.07) is 5.00. The standard InChI is InChI=1S/C16H23N3O6S/c1-16(2,3)25-15(20)12-17-7-9-18(10-8-17)26(23,24)14-6-4-5-13(11-14)19(21)22/h4-6,11H,7-10,12H2,1-3H3. The third-order valence-electron chi connectivity index (χ3n) is 3.77. The lowest BCUT2D eigenvalue weighted by Gasteiger charge is -2.33.